The first-order valence-corrected chi connectivity index (χ1v) is 6.62. The minimum atomic E-state index is -0.337. The Morgan fingerprint density at radius 2 is 2.00 bits per heavy atom. The monoisotopic (exact) mass is 258 g/mol. The molecule has 1 aliphatic carbocycles. The molecule has 1 aliphatic rings. The molecule has 1 aromatic rings. The predicted molar refractivity (Wildman–Crippen MR) is 72.5 cm³/mol. The van der Waals surface area contributed by atoms with Gasteiger partial charge in [0.15, 0.2) is 0 Å². The molecule has 100 valence electrons. The first-order chi connectivity index (χ1) is 9.22. The highest BCUT2D eigenvalue weighted by atomic mass is 16.5. The molecule has 0 saturated heterocycles. The standard InChI is InChI=1S/C16H18O3/c1-2-19-16(18)14-10-6-9-13(14)15(17)11-12-7-4-3-5-8-12/h3-9,13-14H,2,10-11H2,1H3. The topological polar surface area (TPSA) is 43.4 Å². The van der Waals surface area contributed by atoms with Crippen LogP contribution in [-0.4, -0.2) is 18.4 Å². The van der Waals surface area contributed by atoms with E-state index in [0.717, 1.165) is 5.56 Å². The van der Waals surface area contributed by atoms with Crippen molar-refractivity contribution in [2.45, 2.75) is 19.8 Å². The summed E-state index contributed by atoms with van der Waals surface area (Å²) in [6.07, 6.45) is 4.71. The number of ether oxygens (including phenoxy) is 1. The fourth-order valence-corrected chi connectivity index (χ4v) is 2.39. The molecule has 0 aromatic heterocycles. The fraction of sp³-hybridized carbons (Fsp3) is 0.375. The van der Waals surface area contributed by atoms with Crippen LogP contribution in [0.15, 0.2) is 42.5 Å². The van der Waals surface area contributed by atoms with Gasteiger partial charge in [0.05, 0.1) is 12.5 Å². The number of Topliss-reactive ketones (excluding diaryl/α,β-unsaturated/α-hetero) is 1. The van der Waals surface area contributed by atoms with Gasteiger partial charge in [-0.05, 0) is 18.9 Å². The Labute approximate surface area is 113 Å². The summed E-state index contributed by atoms with van der Waals surface area (Å²) in [5.74, 6) is -0.854. The van der Waals surface area contributed by atoms with Gasteiger partial charge in [-0.3, -0.25) is 9.59 Å². The molecule has 19 heavy (non-hydrogen) atoms. The molecule has 1 aromatic carbocycles. The van der Waals surface area contributed by atoms with Crippen LogP contribution in [0.3, 0.4) is 0 Å². The van der Waals surface area contributed by atoms with Gasteiger partial charge in [0.25, 0.3) is 0 Å². The Hall–Kier alpha value is -1.90. The van der Waals surface area contributed by atoms with Crippen molar-refractivity contribution >= 4 is 11.8 Å². The Morgan fingerprint density at radius 1 is 1.26 bits per heavy atom. The molecule has 0 radical (unpaired) electrons. The largest absolute Gasteiger partial charge is 0.466 e. The van der Waals surface area contributed by atoms with Crippen LogP contribution in [0.4, 0.5) is 0 Å². The van der Waals surface area contributed by atoms with E-state index >= 15 is 0 Å². The third-order valence-electron chi connectivity index (χ3n) is 3.35. The maximum atomic E-state index is 12.3. The van der Waals surface area contributed by atoms with Crippen LogP contribution in [0.1, 0.15) is 18.9 Å². The zero-order valence-corrected chi connectivity index (χ0v) is 11.0. The second-order valence-electron chi connectivity index (χ2n) is 4.68. The lowest BCUT2D eigenvalue weighted by molar-refractivity contribution is -0.150. The maximum absolute atomic E-state index is 12.3. The minimum Gasteiger partial charge on any atom is -0.466 e. The molecule has 0 amide bonds. The van der Waals surface area contributed by atoms with Crippen LogP contribution >= 0.6 is 0 Å². The van der Waals surface area contributed by atoms with E-state index in [0.29, 0.717) is 19.4 Å². The smallest absolute Gasteiger partial charge is 0.310 e. The van der Waals surface area contributed by atoms with Crippen molar-refractivity contribution in [2.75, 3.05) is 6.61 Å². The molecule has 3 heteroatoms. The highest BCUT2D eigenvalue weighted by Gasteiger charge is 2.34. The average molecular weight is 258 g/mol. The normalized spacial score (nSPS) is 21.3. The third-order valence-corrected chi connectivity index (χ3v) is 3.35. The van der Waals surface area contributed by atoms with Crippen molar-refractivity contribution in [3.63, 3.8) is 0 Å². The molecule has 2 unspecified atom stereocenters. The van der Waals surface area contributed by atoms with E-state index in [9.17, 15) is 9.59 Å². The van der Waals surface area contributed by atoms with E-state index in [1.165, 1.54) is 0 Å². The van der Waals surface area contributed by atoms with Crippen LogP contribution in [0.2, 0.25) is 0 Å². The average Bonchev–Trinajstić information content (AvgIpc) is 2.89. The third kappa shape index (κ3) is 3.31. The van der Waals surface area contributed by atoms with Crippen molar-refractivity contribution < 1.29 is 14.3 Å². The maximum Gasteiger partial charge on any atom is 0.310 e. The number of allylic oxidation sites excluding steroid dienone is 2. The number of rotatable bonds is 5. The highest BCUT2D eigenvalue weighted by molar-refractivity contribution is 5.90. The quantitative estimate of drug-likeness (QED) is 0.602. The number of carbonyl (C=O) groups excluding carboxylic acids is 2. The highest BCUT2D eigenvalue weighted by Crippen LogP contribution is 2.28. The van der Waals surface area contributed by atoms with Gasteiger partial charge in [-0.2, -0.15) is 0 Å². The summed E-state index contributed by atoms with van der Waals surface area (Å²) in [5, 5.41) is 0. The molecular weight excluding hydrogens is 240 g/mol. The van der Waals surface area contributed by atoms with Crippen molar-refractivity contribution in [1.82, 2.24) is 0 Å². The van der Waals surface area contributed by atoms with Gasteiger partial charge in [-0.25, -0.2) is 0 Å². The van der Waals surface area contributed by atoms with Gasteiger partial charge >= 0.3 is 5.97 Å². The second-order valence-corrected chi connectivity index (χ2v) is 4.68. The summed E-state index contributed by atoms with van der Waals surface area (Å²) in [6.45, 7) is 2.13. The lowest BCUT2D eigenvalue weighted by Crippen LogP contribution is -2.28. The fourth-order valence-electron chi connectivity index (χ4n) is 2.39. The van der Waals surface area contributed by atoms with Crippen molar-refractivity contribution in [1.29, 1.82) is 0 Å². The van der Waals surface area contributed by atoms with Gasteiger partial charge < -0.3 is 4.74 Å². The second kappa shape index (κ2) is 6.32. The molecule has 0 spiro atoms. The lowest BCUT2D eigenvalue weighted by Gasteiger charge is -2.16. The molecule has 0 N–H and O–H groups in total. The van der Waals surface area contributed by atoms with E-state index in [1.54, 1.807) is 6.92 Å². The summed E-state index contributed by atoms with van der Waals surface area (Å²) in [7, 11) is 0. The van der Waals surface area contributed by atoms with Gasteiger partial charge in [0.1, 0.15) is 5.78 Å². The van der Waals surface area contributed by atoms with Crippen molar-refractivity contribution in [3.8, 4) is 0 Å². The molecule has 0 bridgehead atoms. The number of ketones is 1. The predicted octanol–water partition coefficient (Wildman–Crippen LogP) is 2.55. The van der Waals surface area contributed by atoms with Crippen LogP contribution < -0.4 is 0 Å². The summed E-state index contributed by atoms with van der Waals surface area (Å²) in [4.78, 5) is 24.1. The summed E-state index contributed by atoms with van der Waals surface area (Å²) < 4.78 is 5.03. The molecule has 0 aliphatic heterocycles. The molecule has 3 nitrogen and oxygen atoms in total. The molecule has 0 saturated carbocycles. The number of hydrogen-bond donors (Lipinski definition) is 0. The Kier molecular flexibility index (Phi) is 4.50. The zero-order chi connectivity index (χ0) is 13.7. The van der Waals surface area contributed by atoms with Gasteiger partial charge in [0, 0.05) is 12.3 Å². The number of hydrogen-bond acceptors (Lipinski definition) is 3. The first-order valence-electron chi connectivity index (χ1n) is 6.62. The lowest BCUT2D eigenvalue weighted by atomic mass is 9.89. The van der Waals surface area contributed by atoms with Crippen LogP contribution in [0.5, 0.6) is 0 Å². The van der Waals surface area contributed by atoms with Crippen molar-refractivity contribution in [3.05, 3.63) is 48.0 Å². The molecule has 0 heterocycles. The van der Waals surface area contributed by atoms with Gasteiger partial charge in [-0.15, -0.1) is 0 Å². The number of carbonyl (C=O) groups is 2. The Balaban J connectivity index is 2.02. The van der Waals surface area contributed by atoms with E-state index in [1.807, 2.05) is 42.5 Å². The van der Waals surface area contributed by atoms with E-state index in [4.69, 9.17) is 4.74 Å². The van der Waals surface area contributed by atoms with Gasteiger partial charge in [0.2, 0.25) is 0 Å². The molecular formula is C16H18O3. The minimum absolute atomic E-state index is 0.0815. The van der Waals surface area contributed by atoms with Crippen LogP contribution in [0.25, 0.3) is 0 Å². The molecule has 2 atom stereocenters. The SMILES string of the molecule is CCOC(=O)C1CC=CC1C(=O)Cc1ccccc1. The number of esters is 1. The molecule has 2 rings (SSSR count). The van der Waals surface area contributed by atoms with E-state index in [-0.39, 0.29) is 23.6 Å². The molecule has 0 fully saturated rings. The Morgan fingerprint density at radius 3 is 2.68 bits per heavy atom. The number of benzene rings is 1. The summed E-state index contributed by atoms with van der Waals surface area (Å²) in [6, 6.07) is 9.60. The van der Waals surface area contributed by atoms with E-state index in [2.05, 4.69) is 0 Å². The summed E-state index contributed by atoms with van der Waals surface area (Å²) >= 11 is 0. The zero-order valence-electron chi connectivity index (χ0n) is 11.0. The summed E-state index contributed by atoms with van der Waals surface area (Å²) in [5.41, 5.74) is 0.982. The van der Waals surface area contributed by atoms with Crippen molar-refractivity contribution in [2.24, 2.45) is 11.8 Å². The van der Waals surface area contributed by atoms with Gasteiger partial charge in [-0.1, -0.05) is 42.5 Å². The van der Waals surface area contributed by atoms with Crippen LogP contribution in [-0.2, 0) is 20.7 Å². The van der Waals surface area contributed by atoms with Crippen LogP contribution in [0, 0.1) is 11.8 Å². The Bertz CT molecular complexity index is 476. The first kappa shape index (κ1) is 13.5. The van der Waals surface area contributed by atoms with E-state index < -0.39 is 0 Å².